The number of halogens is 3. The number of anilines is 1. The van der Waals surface area contributed by atoms with E-state index in [1.54, 1.807) is 54.6 Å². The third-order valence-corrected chi connectivity index (χ3v) is 5.84. The molecule has 1 unspecified atom stereocenters. The summed E-state index contributed by atoms with van der Waals surface area (Å²) in [6.07, 6.45) is 0. The average Bonchev–Trinajstić information content (AvgIpc) is 2.71. The molecule has 0 amide bonds. The van der Waals surface area contributed by atoms with Crippen molar-refractivity contribution >= 4 is 45.8 Å². The Morgan fingerprint density at radius 3 is 2.52 bits per heavy atom. The molecule has 148 valence electrons. The average molecular weight is 450 g/mol. The fourth-order valence-electron chi connectivity index (χ4n) is 2.71. The van der Waals surface area contributed by atoms with Crippen molar-refractivity contribution in [3.63, 3.8) is 0 Å². The second-order valence-electron chi connectivity index (χ2n) is 6.04. The zero-order valence-electron chi connectivity index (χ0n) is 14.8. The summed E-state index contributed by atoms with van der Waals surface area (Å²) in [6, 6.07) is 16.9. The number of ether oxygens (including phenoxy) is 1. The lowest BCUT2D eigenvalue weighted by atomic mass is 10.2. The third kappa shape index (κ3) is 4.22. The molecule has 1 atom stereocenters. The fraction of sp³-hybridized carbons (Fsp3) is 0.0500. The van der Waals surface area contributed by atoms with Crippen LogP contribution in [0.2, 0.25) is 10.0 Å². The normalized spacial score (nSPS) is 16.7. The van der Waals surface area contributed by atoms with E-state index in [4.69, 9.17) is 27.9 Å². The minimum Gasteiger partial charge on any atom is -0.454 e. The summed E-state index contributed by atoms with van der Waals surface area (Å²) in [5.74, 6) is 0.601. The van der Waals surface area contributed by atoms with Crippen molar-refractivity contribution < 1.29 is 13.3 Å². The minimum atomic E-state index is -1.56. The quantitative estimate of drug-likeness (QED) is 0.551. The van der Waals surface area contributed by atoms with Crippen LogP contribution in [0.15, 0.2) is 70.6 Å². The molecule has 0 spiro atoms. The Bertz CT molecular complexity index is 1140. The number of rotatable bonds is 4. The molecule has 4 rings (SSSR count). The van der Waals surface area contributed by atoms with E-state index in [1.807, 2.05) is 0 Å². The van der Waals surface area contributed by atoms with Gasteiger partial charge in [-0.2, -0.15) is 0 Å². The number of guanidine groups is 1. The Morgan fingerprint density at radius 1 is 0.966 bits per heavy atom. The third-order valence-electron chi connectivity index (χ3n) is 4.12. The molecule has 0 saturated heterocycles. The monoisotopic (exact) mass is 449 g/mol. The number of nitrogens with one attached hydrogen (secondary N) is 2. The van der Waals surface area contributed by atoms with E-state index in [0.717, 1.165) is 0 Å². The number of fused-ring (bicyclic) bond motifs is 1. The summed E-state index contributed by atoms with van der Waals surface area (Å²) in [4.78, 5) is 4.79. The molecule has 5 nitrogen and oxygen atoms in total. The number of nitrogens with zero attached hydrogens (tertiary/aromatic N) is 1. The lowest BCUT2D eigenvalue weighted by Crippen LogP contribution is -2.37. The molecule has 0 fully saturated rings. The van der Waals surface area contributed by atoms with Gasteiger partial charge in [-0.15, -0.1) is 0 Å². The van der Waals surface area contributed by atoms with Crippen molar-refractivity contribution in [3.05, 3.63) is 82.1 Å². The maximum absolute atomic E-state index is 14.1. The van der Waals surface area contributed by atoms with Crippen LogP contribution in [0.5, 0.6) is 11.5 Å². The Labute approximate surface area is 179 Å². The summed E-state index contributed by atoms with van der Waals surface area (Å²) >= 11 is 12.0. The van der Waals surface area contributed by atoms with Crippen LogP contribution >= 0.6 is 23.2 Å². The molecular formula is C20H14Cl2FN3O2S. The summed E-state index contributed by atoms with van der Waals surface area (Å²) in [7, 11) is -1.56. The molecule has 0 saturated carbocycles. The lowest BCUT2D eigenvalue weighted by molar-refractivity contribution is 0.483. The van der Waals surface area contributed by atoms with E-state index in [0.29, 0.717) is 32.7 Å². The highest BCUT2D eigenvalue weighted by Gasteiger charge is 2.23. The summed E-state index contributed by atoms with van der Waals surface area (Å²) in [5.41, 5.74) is 0.820. The van der Waals surface area contributed by atoms with Crippen LogP contribution in [-0.4, -0.2) is 10.2 Å². The van der Waals surface area contributed by atoms with Crippen LogP contribution in [0.4, 0.5) is 10.1 Å². The lowest BCUT2D eigenvalue weighted by Gasteiger charge is -2.23. The first-order valence-corrected chi connectivity index (χ1v) is 10.4. The SMILES string of the molecule is O=S1NC(=NCc2cccc(Cl)c2F)Nc2c(Oc3ccccc3Cl)cccc21. The first kappa shape index (κ1) is 19.7. The van der Waals surface area contributed by atoms with E-state index >= 15 is 0 Å². The highest BCUT2D eigenvalue weighted by Crippen LogP contribution is 2.37. The highest BCUT2D eigenvalue weighted by atomic mass is 35.5. The van der Waals surface area contributed by atoms with E-state index in [2.05, 4.69) is 15.0 Å². The molecule has 29 heavy (non-hydrogen) atoms. The van der Waals surface area contributed by atoms with Gasteiger partial charge in [-0.3, -0.25) is 4.72 Å². The summed E-state index contributed by atoms with van der Waals surface area (Å²) < 4.78 is 35.3. The van der Waals surface area contributed by atoms with Crippen molar-refractivity contribution in [1.82, 2.24) is 4.72 Å². The number of hydrogen-bond donors (Lipinski definition) is 2. The molecule has 1 aliphatic rings. The van der Waals surface area contributed by atoms with Crippen molar-refractivity contribution in [2.24, 2.45) is 4.99 Å². The van der Waals surface area contributed by atoms with Gasteiger partial charge >= 0.3 is 0 Å². The molecule has 3 aromatic rings. The molecule has 0 bridgehead atoms. The van der Waals surface area contributed by atoms with E-state index in [9.17, 15) is 8.60 Å². The molecule has 9 heteroatoms. The first-order chi connectivity index (χ1) is 14.0. The second kappa shape index (κ2) is 8.41. The van der Waals surface area contributed by atoms with Gasteiger partial charge in [-0.05, 0) is 30.3 Å². The predicted molar refractivity (Wildman–Crippen MR) is 114 cm³/mol. The van der Waals surface area contributed by atoms with Gasteiger partial charge in [0.1, 0.15) is 17.3 Å². The minimum absolute atomic E-state index is 0.0157. The molecule has 2 N–H and O–H groups in total. The fourth-order valence-corrected chi connectivity index (χ4v) is 4.02. The van der Waals surface area contributed by atoms with E-state index < -0.39 is 16.8 Å². The van der Waals surface area contributed by atoms with E-state index in [-0.39, 0.29) is 17.5 Å². The van der Waals surface area contributed by atoms with Crippen molar-refractivity contribution in [3.8, 4) is 11.5 Å². The molecule has 0 aromatic heterocycles. The van der Waals surface area contributed by atoms with Gasteiger partial charge in [0.05, 0.1) is 21.5 Å². The predicted octanol–water partition coefficient (Wildman–Crippen LogP) is 5.52. The van der Waals surface area contributed by atoms with Gasteiger partial charge in [-0.25, -0.2) is 13.6 Å². The first-order valence-electron chi connectivity index (χ1n) is 8.51. The number of benzene rings is 3. The van der Waals surface area contributed by atoms with Gasteiger partial charge in [0.25, 0.3) is 0 Å². The largest absolute Gasteiger partial charge is 0.454 e. The molecule has 3 aromatic carbocycles. The van der Waals surface area contributed by atoms with Crippen molar-refractivity contribution in [2.75, 3.05) is 5.32 Å². The smallest absolute Gasteiger partial charge is 0.208 e. The van der Waals surface area contributed by atoms with Crippen LogP contribution in [0, 0.1) is 5.82 Å². The van der Waals surface area contributed by atoms with Gasteiger partial charge in [0.15, 0.2) is 16.7 Å². The molecule has 1 aliphatic heterocycles. The Morgan fingerprint density at radius 2 is 1.69 bits per heavy atom. The topological polar surface area (TPSA) is 62.7 Å². The van der Waals surface area contributed by atoms with E-state index in [1.165, 1.54) is 6.07 Å². The van der Waals surface area contributed by atoms with Gasteiger partial charge in [-0.1, -0.05) is 53.5 Å². The van der Waals surface area contributed by atoms with Crippen LogP contribution in [0.3, 0.4) is 0 Å². The van der Waals surface area contributed by atoms with Crippen molar-refractivity contribution in [2.45, 2.75) is 11.4 Å². The number of para-hydroxylation sites is 2. The summed E-state index contributed by atoms with van der Waals surface area (Å²) in [6.45, 7) is 0.0157. The standard InChI is InChI=1S/C20H14Cl2FN3O2S/c21-13-6-1-2-8-15(13)28-16-9-4-10-17-19(16)25-20(26-29(17)27)24-11-12-5-3-7-14(22)18(12)23/h1-10H,11H2,(H2,24,25,26). The van der Waals surface area contributed by atoms with Crippen LogP contribution in [0.25, 0.3) is 0 Å². The zero-order valence-corrected chi connectivity index (χ0v) is 17.1. The van der Waals surface area contributed by atoms with Crippen LogP contribution < -0.4 is 14.8 Å². The Hall–Kier alpha value is -2.61. The van der Waals surface area contributed by atoms with Crippen LogP contribution in [-0.2, 0) is 17.5 Å². The Balaban J connectivity index is 1.63. The van der Waals surface area contributed by atoms with Crippen molar-refractivity contribution in [1.29, 1.82) is 0 Å². The highest BCUT2D eigenvalue weighted by molar-refractivity contribution is 7.84. The molecule has 0 radical (unpaired) electrons. The number of aliphatic imine (C=N–C) groups is 1. The maximum atomic E-state index is 14.1. The van der Waals surface area contributed by atoms with Gasteiger partial charge in [0.2, 0.25) is 5.96 Å². The second-order valence-corrected chi connectivity index (χ2v) is 8.03. The van der Waals surface area contributed by atoms with Gasteiger partial charge < -0.3 is 10.1 Å². The number of hydrogen-bond acceptors (Lipinski definition) is 3. The molecule has 0 aliphatic carbocycles. The molecular weight excluding hydrogens is 436 g/mol. The van der Waals surface area contributed by atoms with Gasteiger partial charge in [0, 0.05) is 5.56 Å². The molecule has 1 heterocycles. The summed E-state index contributed by atoms with van der Waals surface area (Å²) in [5, 5.41) is 3.54. The maximum Gasteiger partial charge on any atom is 0.208 e. The van der Waals surface area contributed by atoms with Crippen LogP contribution in [0.1, 0.15) is 5.56 Å². The zero-order chi connectivity index (χ0) is 20.4. The Kier molecular flexibility index (Phi) is 5.71.